The quantitative estimate of drug-likeness (QED) is 0.839. The minimum atomic E-state index is -0.961. The molecule has 5 heteroatoms. The summed E-state index contributed by atoms with van der Waals surface area (Å²) in [6.07, 6.45) is 6.04. The fourth-order valence-electron chi connectivity index (χ4n) is 2.32. The highest BCUT2D eigenvalue weighted by Crippen LogP contribution is 2.38. The number of carbonyl (C=O) groups is 1. The Bertz CT molecular complexity index is 440. The molecule has 17 heavy (non-hydrogen) atoms. The number of pyridine rings is 1. The highest BCUT2D eigenvalue weighted by molar-refractivity contribution is 7.99. The van der Waals surface area contributed by atoms with Gasteiger partial charge in [0.1, 0.15) is 10.7 Å². The van der Waals surface area contributed by atoms with Crippen molar-refractivity contribution >= 4 is 29.1 Å². The van der Waals surface area contributed by atoms with E-state index in [1.54, 1.807) is 30.1 Å². The number of hydrogen-bond donors (Lipinski definition) is 1. The lowest BCUT2D eigenvalue weighted by Gasteiger charge is -2.36. The number of thioether (sulfide) groups is 1. The van der Waals surface area contributed by atoms with Gasteiger partial charge in [-0.2, -0.15) is 11.8 Å². The fourth-order valence-corrected chi connectivity index (χ4v) is 3.43. The number of hydrogen-bond acceptors (Lipinski definition) is 4. The molecule has 3 nitrogen and oxygen atoms in total. The Morgan fingerprint density at radius 2 is 2.41 bits per heavy atom. The molecule has 2 atom stereocenters. The SMILES string of the molecule is CSC1CCCC(N)(c2cccnc2Cl)C1=O. The summed E-state index contributed by atoms with van der Waals surface area (Å²) in [5.41, 5.74) is 6.00. The maximum absolute atomic E-state index is 12.4. The minimum Gasteiger partial charge on any atom is -0.315 e. The number of carbonyl (C=O) groups excluding carboxylic acids is 1. The second kappa shape index (κ2) is 4.96. The molecule has 0 aromatic carbocycles. The number of rotatable bonds is 2. The summed E-state index contributed by atoms with van der Waals surface area (Å²) >= 11 is 7.62. The molecule has 1 aliphatic carbocycles. The number of aromatic nitrogens is 1. The van der Waals surface area contributed by atoms with Gasteiger partial charge in [0.25, 0.3) is 0 Å². The standard InChI is InChI=1S/C12H15ClN2OS/c1-17-9-5-2-6-12(14,10(9)16)8-4-3-7-15-11(8)13/h3-4,7,9H,2,5-6,14H2,1H3. The van der Waals surface area contributed by atoms with Crippen LogP contribution in [-0.2, 0) is 10.3 Å². The van der Waals surface area contributed by atoms with E-state index in [4.69, 9.17) is 17.3 Å². The molecule has 2 unspecified atom stereocenters. The third-order valence-corrected chi connectivity index (χ3v) is 4.61. The van der Waals surface area contributed by atoms with Crippen LogP contribution in [0.3, 0.4) is 0 Å². The van der Waals surface area contributed by atoms with Gasteiger partial charge in [0.05, 0.1) is 5.25 Å². The van der Waals surface area contributed by atoms with Crippen LogP contribution in [0.1, 0.15) is 24.8 Å². The van der Waals surface area contributed by atoms with Crippen molar-refractivity contribution in [3.63, 3.8) is 0 Å². The number of ketones is 1. The molecule has 0 radical (unpaired) electrons. The molecule has 0 spiro atoms. The molecule has 2 rings (SSSR count). The number of nitrogens with zero attached hydrogens (tertiary/aromatic N) is 1. The number of nitrogens with two attached hydrogens (primary N) is 1. The summed E-state index contributed by atoms with van der Waals surface area (Å²) in [4.78, 5) is 16.4. The van der Waals surface area contributed by atoms with Crippen molar-refractivity contribution in [3.05, 3.63) is 29.0 Å². The van der Waals surface area contributed by atoms with Crippen LogP contribution in [-0.4, -0.2) is 22.3 Å². The average Bonchev–Trinajstić information content (AvgIpc) is 2.33. The third kappa shape index (κ3) is 2.21. The predicted molar refractivity (Wildman–Crippen MR) is 71.3 cm³/mol. The molecule has 0 aliphatic heterocycles. The van der Waals surface area contributed by atoms with Crippen LogP contribution < -0.4 is 5.73 Å². The molecule has 1 aromatic rings. The van der Waals surface area contributed by atoms with Crippen LogP contribution in [0.15, 0.2) is 18.3 Å². The van der Waals surface area contributed by atoms with Crippen LogP contribution in [0.2, 0.25) is 5.15 Å². The van der Waals surface area contributed by atoms with Crippen molar-refractivity contribution in [1.29, 1.82) is 0 Å². The van der Waals surface area contributed by atoms with Gasteiger partial charge in [-0.1, -0.05) is 17.7 Å². The molecule has 0 bridgehead atoms. The van der Waals surface area contributed by atoms with E-state index in [0.717, 1.165) is 12.8 Å². The highest BCUT2D eigenvalue weighted by atomic mass is 35.5. The zero-order valence-corrected chi connectivity index (χ0v) is 11.2. The topological polar surface area (TPSA) is 56.0 Å². The third-order valence-electron chi connectivity index (χ3n) is 3.29. The molecular formula is C12H15ClN2OS. The van der Waals surface area contributed by atoms with Gasteiger partial charge in [-0.05, 0) is 31.6 Å². The minimum absolute atomic E-state index is 0.0231. The van der Waals surface area contributed by atoms with Gasteiger partial charge < -0.3 is 5.73 Å². The highest BCUT2D eigenvalue weighted by Gasteiger charge is 2.44. The largest absolute Gasteiger partial charge is 0.315 e. The van der Waals surface area contributed by atoms with Crippen LogP contribution in [0.5, 0.6) is 0 Å². The molecule has 0 saturated heterocycles. The maximum Gasteiger partial charge on any atom is 0.170 e. The van der Waals surface area contributed by atoms with Crippen molar-refractivity contribution in [3.8, 4) is 0 Å². The summed E-state index contributed by atoms with van der Waals surface area (Å²) < 4.78 is 0. The summed E-state index contributed by atoms with van der Waals surface area (Å²) in [7, 11) is 0. The summed E-state index contributed by atoms with van der Waals surface area (Å²) in [5.74, 6) is 0.0751. The normalized spacial score (nSPS) is 29.4. The molecule has 2 N–H and O–H groups in total. The lowest BCUT2D eigenvalue weighted by Crippen LogP contribution is -2.52. The summed E-state index contributed by atoms with van der Waals surface area (Å²) in [6.45, 7) is 0. The van der Waals surface area contributed by atoms with Gasteiger partial charge in [-0.25, -0.2) is 4.98 Å². The molecule has 0 amide bonds. The molecule has 1 saturated carbocycles. The van der Waals surface area contributed by atoms with Gasteiger partial charge in [0.2, 0.25) is 0 Å². The second-order valence-electron chi connectivity index (χ2n) is 4.29. The molecule has 1 fully saturated rings. The van der Waals surface area contributed by atoms with Crippen LogP contribution in [0.25, 0.3) is 0 Å². The first kappa shape index (κ1) is 12.9. The van der Waals surface area contributed by atoms with E-state index in [9.17, 15) is 4.79 Å². The number of Topliss-reactive ketones (excluding diaryl/α,β-unsaturated/α-hetero) is 1. The molecule has 92 valence electrons. The Kier molecular flexibility index (Phi) is 3.76. The van der Waals surface area contributed by atoms with Crippen LogP contribution in [0.4, 0.5) is 0 Å². The zero-order valence-electron chi connectivity index (χ0n) is 9.65. The Balaban J connectivity index is 2.41. The Labute approximate surface area is 110 Å². The smallest absolute Gasteiger partial charge is 0.170 e. The molecular weight excluding hydrogens is 256 g/mol. The van der Waals surface area contributed by atoms with Gasteiger partial charge in [0, 0.05) is 11.8 Å². The van der Waals surface area contributed by atoms with Gasteiger partial charge in [0.15, 0.2) is 5.78 Å². The van der Waals surface area contributed by atoms with E-state index in [1.807, 2.05) is 6.26 Å². The molecule has 1 aromatic heterocycles. The van der Waals surface area contributed by atoms with Crippen molar-refractivity contribution < 1.29 is 4.79 Å². The van der Waals surface area contributed by atoms with Gasteiger partial charge in [-0.3, -0.25) is 4.79 Å². The lowest BCUT2D eigenvalue weighted by atomic mass is 9.76. The second-order valence-corrected chi connectivity index (χ2v) is 5.69. The van der Waals surface area contributed by atoms with E-state index in [0.29, 0.717) is 17.1 Å². The van der Waals surface area contributed by atoms with Crippen LogP contribution in [0, 0.1) is 0 Å². The van der Waals surface area contributed by atoms with E-state index in [2.05, 4.69) is 4.98 Å². The first-order valence-corrected chi connectivity index (χ1v) is 7.23. The zero-order chi connectivity index (χ0) is 12.5. The summed E-state index contributed by atoms with van der Waals surface area (Å²) in [6, 6.07) is 3.57. The van der Waals surface area contributed by atoms with Crippen molar-refractivity contribution in [1.82, 2.24) is 4.98 Å². The van der Waals surface area contributed by atoms with E-state index >= 15 is 0 Å². The first-order valence-electron chi connectivity index (χ1n) is 5.56. The Morgan fingerprint density at radius 1 is 1.65 bits per heavy atom. The van der Waals surface area contributed by atoms with E-state index in [1.165, 1.54) is 0 Å². The van der Waals surface area contributed by atoms with Gasteiger partial charge in [-0.15, -0.1) is 0 Å². The fraction of sp³-hybridized carbons (Fsp3) is 0.500. The van der Waals surface area contributed by atoms with E-state index < -0.39 is 5.54 Å². The first-order chi connectivity index (χ1) is 8.09. The Hall–Kier alpha value is -0.580. The van der Waals surface area contributed by atoms with Gasteiger partial charge >= 0.3 is 0 Å². The van der Waals surface area contributed by atoms with Crippen molar-refractivity contribution in [2.75, 3.05) is 6.26 Å². The maximum atomic E-state index is 12.4. The van der Waals surface area contributed by atoms with E-state index in [-0.39, 0.29) is 11.0 Å². The van der Waals surface area contributed by atoms with Crippen molar-refractivity contribution in [2.45, 2.75) is 30.1 Å². The summed E-state index contributed by atoms with van der Waals surface area (Å²) in [5, 5.41) is 0.315. The lowest BCUT2D eigenvalue weighted by molar-refractivity contribution is -0.125. The number of halogens is 1. The average molecular weight is 271 g/mol. The molecule has 1 aliphatic rings. The van der Waals surface area contributed by atoms with Crippen LogP contribution >= 0.6 is 23.4 Å². The van der Waals surface area contributed by atoms with Crippen molar-refractivity contribution in [2.24, 2.45) is 5.73 Å². The predicted octanol–water partition coefficient (Wildman–Crippen LogP) is 2.37. The Morgan fingerprint density at radius 3 is 3.06 bits per heavy atom. The monoisotopic (exact) mass is 270 g/mol. The molecule has 1 heterocycles.